The lowest BCUT2D eigenvalue weighted by Crippen LogP contribution is -2.29. The average molecular weight is 406 g/mol. The summed E-state index contributed by atoms with van der Waals surface area (Å²) in [6, 6.07) is 10.4. The van der Waals surface area contributed by atoms with Gasteiger partial charge in [0.15, 0.2) is 5.65 Å². The number of hydrogen-bond donors (Lipinski definition) is 1. The normalized spacial score (nSPS) is 15.4. The van der Waals surface area contributed by atoms with Crippen LogP contribution < -0.4 is 10.2 Å². The van der Waals surface area contributed by atoms with Crippen LogP contribution in [0.15, 0.2) is 30.3 Å². The second-order valence-corrected chi connectivity index (χ2v) is 8.25. The van der Waals surface area contributed by atoms with Crippen molar-refractivity contribution in [2.75, 3.05) is 18.0 Å². The van der Waals surface area contributed by atoms with E-state index in [4.69, 9.17) is 0 Å². The molecule has 1 amide bonds. The first-order valence-electron chi connectivity index (χ1n) is 11.0. The lowest BCUT2D eigenvalue weighted by Gasteiger charge is -2.29. The van der Waals surface area contributed by atoms with Gasteiger partial charge in [-0.1, -0.05) is 12.1 Å². The zero-order valence-corrected chi connectivity index (χ0v) is 18.4. The number of anilines is 1. The minimum atomic E-state index is -0.0862. The van der Waals surface area contributed by atoms with E-state index in [2.05, 4.69) is 44.6 Å². The molecule has 2 aromatic heterocycles. The zero-order chi connectivity index (χ0) is 21.3. The van der Waals surface area contributed by atoms with E-state index < -0.39 is 0 Å². The van der Waals surface area contributed by atoms with E-state index in [1.165, 1.54) is 24.9 Å². The number of rotatable bonds is 5. The summed E-state index contributed by atoms with van der Waals surface area (Å²) in [7, 11) is 0. The first-order valence-corrected chi connectivity index (χ1v) is 11.0. The van der Waals surface area contributed by atoms with Gasteiger partial charge in [-0.2, -0.15) is 5.10 Å². The van der Waals surface area contributed by atoms with E-state index in [0.717, 1.165) is 47.6 Å². The molecule has 30 heavy (non-hydrogen) atoms. The van der Waals surface area contributed by atoms with E-state index in [0.29, 0.717) is 5.56 Å². The quantitative estimate of drug-likeness (QED) is 0.676. The highest BCUT2D eigenvalue weighted by Crippen LogP contribution is 2.25. The topological polar surface area (TPSA) is 63.1 Å². The molecule has 3 heterocycles. The summed E-state index contributed by atoms with van der Waals surface area (Å²) in [4.78, 5) is 20.2. The molecule has 0 aliphatic carbocycles. The molecule has 3 aromatic rings. The molecule has 1 aromatic carbocycles. The highest BCUT2D eigenvalue weighted by molar-refractivity contribution is 6.06. The molecule has 6 heteroatoms. The van der Waals surface area contributed by atoms with Crippen LogP contribution >= 0.6 is 0 Å². The van der Waals surface area contributed by atoms with Gasteiger partial charge in [-0.05, 0) is 70.7 Å². The Bertz CT molecular complexity index is 1050. The number of hydrogen-bond acceptors (Lipinski definition) is 4. The van der Waals surface area contributed by atoms with Crippen LogP contribution in [0, 0.1) is 13.8 Å². The number of nitrogens with one attached hydrogen (secondary N) is 1. The van der Waals surface area contributed by atoms with Gasteiger partial charge in [-0.3, -0.25) is 4.79 Å². The third-order valence-electron chi connectivity index (χ3n) is 6.01. The van der Waals surface area contributed by atoms with Crippen LogP contribution in [-0.4, -0.2) is 33.8 Å². The number of fused-ring (bicyclic) bond motifs is 1. The summed E-state index contributed by atoms with van der Waals surface area (Å²) in [5.41, 5.74) is 5.45. The third-order valence-corrected chi connectivity index (χ3v) is 6.01. The van der Waals surface area contributed by atoms with Crippen molar-refractivity contribution < 1.29 is 4.79 Å². The van der Waals surface area contributed by atoms with Crippen molar-refractivity contribution in [2.24, 2.45) is 0 Å². The van der Waals surface area contributed by atoms with E-state index in [1.54, 1.807) is 0 Å². The maximum atomic E-state index is 13.2. The van der Waals surface area contributed by atoms with Crippen LogP contribution in [0.1, 0.15) is 66.5 Å². The van der Waals surface area contributed by atoms with Gasteiger partial charge in [0.2, 0.25) is 0 Å². The minimum Gasteiger partial charge on any atom is -0.372 e. The van der Waals surface area contributed by atoms with Crippen LogP contribution in [0.2, 0.25) is 0 Å². The van der Waals surface area contributed by atoms with E-state index in [9.17, 15) is 4.79 Å². The van der Waals surface area contributed by atoms with Gasteiger partial charge in [0, 0.05) is 31.0 Å². The molecule has 0 radical (unpaired) electrons. The number of nitrogens with zero attached hydrogens (tertiary/aromatic N) is 4. The van der Waals surface area contributed by atoms with Crippen molar-refractivity contribution in [1.82, 2.24) is 20.1 Å². The molecule has 0 saturated carbocycles. The maximum Gasteiger partial charge on any atom is 0.252 e. The van der Waals surface area contributed by atoms with Crippen LogP contribution in [0.5, 0.6) is 0 Å². The van der Waals surface area contributed by atoms with Crippen LogP contribution in [0.4, 0.5) is 5.69 Å². The number of aromatic nitrogens is 3. The summed E-state index contributed by atoms with van der Waals surface area (Å²) < 4.78 is 1.86. The Balaban J connectivity index is 1.54. The van der Waals surface area contributed by atoms with Gasteiger partial charge >= 0.3 is 0 Å². The van der Waals surface area contributed by atoms with Gasteiger partial charge in [0.25, 0.3) is 5.91 Å². The van der Waals surface area contributed by atoms with Crippen molar-refractivity contribution in [3.8, 4) is 0 Å². The number of aryl methyl sites for hydroxylation is 3. The Kier molecular flexibility index (Phi) is 5.75. The summed E-state index contributed by atoms with van der Waals surface area (Å²) in [6.45, 7) is 10.9. The van der Waals surface area contributed by atoms with E-state index in [-0.39, 0.29) is 11.9 Å². The van der Waals surface area contributed by atoms with Gasteiger partial charge < -0.3 is 10.2 Å². The Labute approximate surface area is 178 Å². The molecular formula is C24H31N5O. The lowest BCUT2D eigenvalue weighted by molar-refractivity contribution is 0.0941. The fourth-order valence-electron chi connectivity index (χ4n) is 4.36. The highest BCUT2D eigenvalue weighted by Gasteiger charge is 2.20. The zero-order valence-electron chi connectivity index (χ0n) is 18.4. The van der Waals surface area contributed by atoms with Gasteiger partial charge in [-0.25, -0.2) is 9.67 Å². The number of carbonyl (C=O) groups excluding carboxylic acids is 1. The van der Waals surface area contributed by atoms with Crippen molar-refractivity contribution in [2.45, 2.75) is 59.5 Å². The maximum absolute atomic E-state index is 13.2. The van der Waals surface area contributed by atoms with Crippen LogP contribution in [0.25, 0.3) is 11.0 Å². The van der Waals surface area contributed by atoms with Crippen molar-refractivity contribution >= 4 is 22.6 Å². The van der Waals surface area contributed by atoms with Crippen molar-refractivity contribution in [1.29, 1.82) is 0 Å². The number of amides is 1. The molecule has 0 bridgehead atoms. The Morgan fingerprint density at radius 1 is 1.13 bits per heavy atom. The molecular weight excluding hydrogens is 374 g/mol. The molecule has 158 valence electrons. The monoisotopic (exact) mass is 405 g/mol. The summed E-state index contributed by atoms with van der Waals surface area (Å²) in [5, 5.41) is 8.56. The molecule has 4 rings (SSSR count). The largest absolute Gasteiger partial charge is 0.372 e. The second-order valence-electron chi connectivity index (χ2n) is 8.25. The highest BCUT2D eigenvalue weighted by atomic mass is 16.1. The first kappa shape index (κ1) is 20.4. The summed E-state index contributed by atoms with van der Waals surface area (Å²) >= 11 is 0. The Morgan fingerprint density at radius 2 is 1.83 bits per heavy atom. The average Bonchev–Trinajstić information content (AvgIpc) is 3.09. The van der Waals surface area contributed by atoms with Gasteiger partial charge in [0.1, 0.15) is 0 Å². The molecule has 1 atom stereocenters. The molecule has 0 unspecified atom stereocenters. The smallest absolute Gasteiger partial charge is 0.252 e. The van der Waals surface area contributed by atoms with Crippen LogP contribution in [0.3, 0.4) is 0 Å². The molecule has 1 saturated heterocycles. The predicted octanol–water partition coefficient (Wildman–Crippen LogP) is 4.55. The number of carbonyl (C=O) groups is 1. The van der Waals surface area contributed by atoms with E-state index in [1.807, 2.05) is 38.4 Å². The third kappa shape index (κ3) is 3.91. The number of pyridine rings is 1. The SMILES string of the molecule is CCn1nc(C)c2c(C(=O)N[C@H](C)c3ccc(N4CCCCC4)cc3)cc(C)nc21. The lowest BCUT2D eigenvalue weighted by atomic mass is 10.0. The van der Waals surface area contributed by atoms with Gasteiger partial charge in [0.05, 0.1) is 22.7 Å². The summed E-state index contributed by atoms with van der Waals surface area (Å²) in [6.07, 6.45) is 3.86. The number of benzene rings is 1. The van der Waals surface area contributed by atoms with Crippen molar-refractivity contribution in [3.63, 3.8) is 0 Å². The molecule has 1 aliphatic heterocycles. The van der Waals surface area contributed by atoms with Crippen molar-refractivity contribution in [3.05, 3.63) is 52.8 Å². The molecule has 6 nitrogen and oxygen atoms in total. The predicted molar refractivity (Wildman–Crippen MR) is 121 cm³/mol. The van der Waals surface area contributed by atoms with E-state index >= 15 is 0 Å². The van der Waals surface area contributed by atoms with Crippen LogP contribution in [-0.2, 0) is 6.54 Å². The molecule has 1 N–H and O–H groups in total. The Hall–Kier alpha value is -2.89. The fraction of sp³-hybridized carbons (Fsp3) is 0.458. The first-order chi connectivity index (χ1) is 14.5. The standard InChI is InChI=1S/C24H31N5O/c1-5-29-23-22(18(4)27-29)21(15-16(2)25-23)24(30)26-17(3)19-9-11-20(12-10-19)28-13-7-6-8-14-28/h9-12,15,17H,5-8,13-14H2,1-4H3,(H,26,30)/t17-/m1/s1. The number of piperidine rings is 1. The summed E-state index contributed by atoms with van der Waals surface area (Å²) in [5.74, 6) is -0.0862. The van der Waals surface area contributed by atoms with Gasteiger partial charge in [-0.15, -0.1) is 0 Å². The fourth-order valence-corrected chi connectivity index (χ4v) is 4.36. The molecule has 1 fully saturated rings. The molecule has 1 aliphatic rings. The molecule has 0 spiro atoms. The minimum absolute atomic E-state index is 0.0852. The Morgan fingerprint density at radius 3 is 2.50 bits per heavy atom. The second kappa shape index (κ2) is 8.46.